The molecule has 82 valence electrons. The first-order valence-corrected chi connectivity index (χ1v) is 5.98. The van der Waals surface area contributed by atoms with Gasteiger partial charge in [0.15, 0.2) is 0 Å². The van der Waals surface area contributed by atoms with Crippen molar-refractivity contribution in [3.63, 3.8) is 0 Å². The molecule has 1 aromatic heterocycles. The van der Waals surface area contributed by atoms with E-state index in [2.05, 4.69) is 29.4 Å². The highest BCUT2D eigenvalue weighted by Crippen LogP contribution is 2.24. The Bertz CT molecular complexity index is 284. The highest BCUT2D eigenvalue weighted by Gasteiger charge is 2.20. The minimum atomic E-state index is 0.753. The van der Waals surface area contributed by atoms with Gasteiger partial charge in [-0.2, -0.15) is 0 Å². The van der Waals surface area contributed by atoms with Crippen LogP contribution in [-0.2, 0) is 6.42 Å². The lowest BCUT2D eigenvalue weighted by Gasteiger charge is -2.11. The van der Waals surface area contributed by atoms with Gasteiger partial charge in [-0.3, -0.25) is 4.98 Å². The summed E-state index contributed by atoms with van der Waals surface area (Å²) < 4.78 is 0. The molecule has 0 aliphatic heterocycles. The van der Waals surface area contributed by atoms with Crippen molar-refractivity contribution in [2.75, 3.05) is 6.54 Å². The molecule has 0 unspecified atom stereocenters. The maximum Gasteiger partial charge on any atom is 0.0416 e. The molecule has 2 heteroatoms. The Morgan fingerprint density at radius 1 is 1.40 bits per heavy atom. The Hall–Kier alpha value is -0.890. The highest BCUT2D eigenvalue weighted by atomic mass is 14.9. The Kier molecular flexibility index (Phi) is 3.73. The van der Waals surface area contributed by atoms with Crippen molar-refractivity contribution in [2.45, 2.75) is 38.6 Å². The van der Waals surface area contributed by atoms with E-state index in [-0.39, 0.29) is 0 Å². The van der Waals surface area contributed by atoms with Gasteiger partial charge in [0.25, 0.3) is 0 Å². The van der Waals surface area contributed by atoms with Gasteiger partial charge in [0.2, 0.25) is 0 Å². The molecule has 2 rings (SSSR count). The van der Waals surface area contributed by atoms with Crippen LogP contribution in [0.5, 0.6) is 0 Å². The van der Waals surface area contributed by atoms with Gasteiger partial charge >= 0.3 is 0 Å². The van der Waals surface area contributed by atoms with Crippen molar-refractivity contribution in [1.82, 2.24) is 10.3 Å². The molecule has 1 N–H and O–H groups in total. The molecule has 15 heavy (non-hydrogen) atoms. The number of rotatable bonds is 4. The molecule has 1 aromatic rings. The van der Waals surface area contributed by atoms with E-state index in [0.717, 1.165) is 24.9 Å². The van der Waals surface area contributed by atoms with Gasteiger partial charge in [-0.25, -0.2) is 0 Å². The fourth-order valence-corrected chi connectivity index (χ4v) is 2.34. The maximum atomic E-state index is 4.32. The summed E-state index contributed by atoms with van der Waals surface area (Å²) in [5.41, 5.74) is 1.19. The maximum absolute atomic E-state index is 4.32. The molecule has 1 aliphatic carbocycles. The number of hydrogen-bond donors (Lipinski definition) is 1. The van der Waals surface area contributed by atoms with Crippen LogP contribution >= 0.6 is 0 Å². The first-order chi connectivity index (χ1) is 7.34. The molecule has 1 heterocycles. The minimum Gasteiger partial charge on any atom is -0.314 e. The standard InChI is InChI=1S/C13H20N2/c1-11-5-6-13(10-11)15-9-7-12-4-2-3-8-14-12/h2-4,8,11,13,15H,5-7,9-10H2,1H3/t11-,13+/m1/s1. The second-order valence-corrected chi connectivity index (χ2v) is 4.64. The van der Waals surface area contributed by atoms with E-state index in [1.54, 1.807) is 0 Å². The molecule has 2 atom stereocenters. The summed E-state index contributed by atoms with van der Waals surface area (Å²) in [6.45, 7) is 3.41. The van der Waals surface area contributed by atoms with Gasteiger partial charge in [-0.05, 0) is 37.3 Å². The van der Waals surface area contributed by atoms with Gasteiger partial charge in [0.1, 0.15) is 0 Å². The van der Waals surface area contributed by atoms with Crippen LogP contribution in [0.2, 0.25) is 0 Å². The largest absolute Gasteiger partial charge is 0.314 e. The SMILES string of the molecule is C[C@@H]1CC[C@H](NCCc2ccccn2)C1. The smallest absolute Gasteiger partial charge is 0.0416 e. The molecule has 1 aliphatic rings. The van der Waals surface area contributed by atoms with Gasteiger partial charge in [-0.1, -0.05) is 13.0 Å². The van der Waals surface area contributed by atoms with E-state index in [1.807, 2.05) is 12.3 Å². The molecule has 0 spiro atoms. The number of aromatic nitrogens is 1. The Labute approximate surface area is 92.1 Å². The molecular weight excluding hydrogens is 184 g/mol. The summed E-state index contributed by atoms with van der Waals surface area (Å²) in [5.74, 6) is 0.914. The van der Waals surface area contributed by atoms with Gasteiger partial charge in [0, 0.05) is 30.9 Å². The summed E-state index contributed by atoms with van der Waals surface area (Å²) in [4.78, 5) is 4.32. The zero-order valence-electron chi connectivity index (χ0n) is 9.45. The predicted molar refractivity (Wildman–Crippen MR) is 62.7 cm³/mol. The monoisotopic (exact) mass is 204 g/mol. The lowest BCUT2D eigenvalue weighted by atomic mass is 10.1. The quantitative estimate of drug-likeness (QED) is 0.814. The van der Waals surface area contributed by atoms with Gasteiger partial charge in [0.05, 0.1) is 0 Å². The molecular formula is C13H20N2. The summed E-state index contributed by atoms with van der Waals surface area (Å²) in [6.07, 6.45) is 7.01. The van der Waals surface area contributed by atoms with Gasteiger partial charge < -0.3 is 5.32 Å². The summed E-state index contributed by atoms with van der Waals surface area (Å²) in [7, 11) is 0. The van der Waals surface area contributed by atoms with Crippen LogP contribution in [0.3, 0.4) is 0 Å². The van der Waals surface area contributed by atoms with Gasteiger partial charge in [-0.15, -0.1) is 0 Å². The van der Waals surface area contributed by atoms with Crippen LogP contribution in [0.1, 0.15) is 31.9 Å². The van der Waals surface area contributed by atoms with Crippen molar-refractivity contribution < 1.29 is 0 Å². The molecule has 0 amide bonds. The van der Waals surface area contributed by atoms with Crippen molar-refractivity contribution in [2.24, 2.45) is 5.92 Å². The van der Waals surface area contributed by atoms with Crippen LogP contribution < -0.4 is 5.32 Å². The first-order valence-electron chi connectivity index (χ1n) is 5.98. The van der Waals surface area contributed by atoms with Crippen LogP contribution in [-0.4, -0.2) is 17.6 Å². The van der Waals surface area contributed by atoms with Crippen LogP contribution in [0.4, 0.5) is 0 Å². The third-order valence-corrected chi connectivity index (χ3v) is 3.24. The molecule has 2 nitrogen and oxygen atoms in total. The number of hydrogen-bond acceptors (Lipinski definition) is 2. The zero-order valence-corrected chi connectivity index (χ0v) is 9.45. The van der Waals surface area contributed by atoms with Crippen LogP contribution in [0.25, 0.3) is 0 Å². The zero-order chi connectivity index (χ0) is 10.5. The number of pyridine rings is 1. The van der Waals surface area contributed by atoms with E-state index in [0.29, 0.717) is 0 Å². The first kappa shape index (κ1) is 10.6. The molecule has 0 radical (unpaired) electrons. The molecule has 0 bridgehead atoms. The van der Waals surface area contributed by atoms with E-state index in [1.165, 1.54) is 25.0 Å². The van der Waals surface area contributed by atoms with Crippen molar-refractivity contribution in [3.05, 3.63) is 30.1 Å². The lowest BCUT2D eigenvalue weighted by molar-refractivity contribution is 0.504. The summed E-state index contributed by atoms with van der Waals surface area (Å²) in [5, 5.41) is 3.62. The predicted octanol–water partition coefficient (Wildman–Crippen LogP) is 2.40. The number of nitrogens with one attached hydrogen (secondary N) is 1. The third-order valence-electron chi connectivity index (χ3n) is 3.24. The van der Waals surface area contributed by atoms with E-state index in [4.69, 9.17) is 0 Å². The Morgan fingerprint density at radius 2 is 2.33 bits per heavy atom. The van der Waals surface area contributed by atoms with Crippen LogP contribution in [0.15, 0.2) is 24.4 Å². The molecule has 1 fully saturated rings. The number of nitrogens with zero attached hydrogens (tertiary/aromatic N) is 1. The second kappa shape index (κ2) is 5.26. The minimum absolute atomic E-state index is 0.753. The van der Waals surface area contributed by atoms with E-state index < -0.39 is 0 Å². The Balaban J connectivity index is 1.67. The van der Waals surface area contributed by atoms with Crippen LogP contribution in [0, 0.1) is 5.92 Å². The highest BCUT2D eigenvalue weighted by molar-refractivity contribution is 5.03. The topological polar surface area (TPSA) is 24.9 Å². The fraction of sp³-hybridized carbons (Fsp3) is 0.615. The Morgan fingerprint density at radius 3 is 3.00 bits per heavy atom. The summed E-state index contributed by atoms with van der Waals surface area (Å²) in [6, 6.07) is 6.87. The molecule has 0 aromatic carbocycles. The van der Waals surface area contributed by atoms with Crippen molar-refractivity contribution in [3.8, 4) is 0 Å². The average molecular weight is 204 g/mol. The fourth-order valence-electron chi connectivity index (χ4n) is 2.34. The van der Waals surface area contributed by atoms with E-state index >= 15 is 0 Å². The second-order valence-electron chi connectivity index (χ2n) is 4.64. The van der Waals surface area contributed by atoms with Crippen molar-refractivity contribution >= 4 is 0 Å². The van der Waals surface area contributed by atoms with E-state index in [9.17, 15) is 0 Å². The van der Waals surface area contributed by atoms with Crippen molar-refractivity contribution in [1.29, 1.82) is 0 Å². The average Bonchev–Trinajstić information content (AvgIpc) is 2.66. The molecule has 0 saturated heterocycles. The summed E-state index contributed by atoms with van der Waals surface area (Å²) >= 11 is 0. The third kappa shape index (κ3) is 3.31. The normalized spacial score (nSPS) is 25.7. The lowest BCUT2D eigenvalue weighted by Crippen LogP contribution is -2.28. The molecule has 1 saturated carbocycles.